The average Bonchev–Trinajstić information content (AvgIpc) is 2.67. The molecule has 2 aromatic carbocycles. The van der Waals surface area contributed by atoms with Crippen LogP contribution in [0.15, 0.2) is 72.0 Å². The minimum Gasteiger partial charge on any atom is -0.391 e. The third-order valence-electron chi connectivity index (χ3n) is 3.71. The lowest BCUT2D eigenvalue weighted by Gasteiger charge is -2.08. The lowest BCUT2D eigenvalue weighted by molar-refractivity contribution is -0.137. The van der Waals surface area contributed by atoms with Gasteiger partial charge in [-0.2, -0.15) is 13.2 Å². The highest BCUT2D eigenvalue weighted by molar-refractivity contribution is 6.30. The zero-order chi connectivity index (χ0) is 19.3. The minimum atomic E-state index is -4.40. The van der Waals surface area contributed by atoms with Crippen LogP contribution in [0.2, 0.25) is 5.02 Å². The molecular weight excluding hydrogens is 377 g/mol. The molecular formula is C20H14ClF3N2O. The Kier molecular flexibility index (Phi) is 5.76. The van der Waals surface area contributed by atoms with Crippen LogP contribution in [0.4, 0.5) is 13.2 Å². The molecule has 0 N–H and O–H groups in total. The van der Waals surface area contributed by atoms with E-state index in [1.807, 2.05) is 12.1 Å². The van der Waals surface area contributed by atoms with Crippen molar-refractivity contribution in [3.05, 3.63) is 88.6 Å². The fraction of sp³-hybridized carbons (Fsp3) is 0.100. The van der Waals surface area contributed by atoms with Gasteiger partial charge < -0.3 is 4.84 Å². The molecule has 0 radical (unpaired) electrons. The quantitative estimate of drug-likeness (QED) is 0.397. The van der Waals surface area contributed by atoms with Gasteiger partial charge in [-0.1, -0.05) is 53.2 Å². The van der Waals surface area contributed by atoms with Gasteiger partial charge in [-0.3, -0.25) is 4.98 Å². The number of rotatable bonds is 5. The van der Waals surface area contributed by atoms with Gasteiger partial charge in [0.15, 0.2) is 0 Å². The van der Waals surface area contributed by atoms with Crippen molar-refractivity contribution < 1.29 is 18.0 Å². The number of hydrogen-bond donors (Lipinski definition) is 0. The molecule has 1 heterocycles. The maximum atomic E-state index is 12.8. The molecule has 0 saturated carbocycles. The monoisotopic (exact) mass is 390 g/mol. The van der Waals surface area contributed by atoms with Crippen LogP contribution in [0.1, 0.15) is 16.7 Å². The van der Waals surface area contributed by atoms with Crippen LogP contribution in [0.25, 0.3) is 11.3 Å². The first kappa shape index (κ1) is 18.9. The van der Waals surface area contributed by atoms with E-state index in [9.17, 15) is 13.2 Å². The molecule has 3 aromatic rings. The number of aromatic nitrogens is 1. The molecule has 3 nitrogen and oxygen atoms in total. The molecule has 0 aliphatic rings. The molecule has 0 saturated heterocycles. The van der Waals surface area contributed by atoms with E-state index in [1.54, 1.807) is 36.4 Å². The Morgan fingerprint density at radius 3 is 2.37 bits per heavy atom. The van der Waals surface area contributed by atoms with E-state index >= 15 is 0 Å². The Morgan fingerprint density at radius 2 is 1.70 bits per heavy atom. The second-order valence-electron chi connectivity index (χ2n) is 5.68. The van der Waals surface area contributed by atoms with Crippen molar-refractivity contribution in [2.75, 3.05) is 0 Å². The van der Waals surface area contributed by atoms with Gasteiger partial charge >= 0.3 is 6.18 Å². The summed E-state index contributed by atoms with van der Waals surface area (Å²) in [5.41, 5.74) is 1.80. The fourth-order valence-electron chi connectivity index (χ4n) is 2.30. The Hall–Kier alpha value is -2.86. The van der Waals surface area contributed by atoms with E-state index in [1.165, 1.54) is 6.21 Å². The van der Waals surface area contributed by atoms with Gasteiger partial charge in [-0.15, -0.1) is 0 Å². The number of halogens is 4. The van der Waals surface area contributed by atoms with Gasteiger partial charge in [0.1, 0.15) is 6.61 Å². The number of benzene rings is 2. The van der Waals surface area contributed by atoms with Crippen LogP contribution < -0.4 is 0 Å². The van der Waals surface area contributed by atoms with Crippen molar-refractivity contribution in [1.82, 2.24) is 4.98 Å². The molecule has 0 amide bonds. The summed E-state index contributed by atoms with van der Waals surface area (Å²) in [6, 6.07) is 16.0. The molecule has 0 unspecified atom stereocenters. The number of nitrogens with zero attached hydrogens (tertiary/aromatic N) is 2. The minimum absolute atomic E-state index is 0.257. The number of pyridine rings is 1. The molecule has 0 spiro atoms. The normalized spacial score (nSPS) is 11.7. The summed E-state index contributed by atoms with van der Waals surface area (Å²) in [5, 5.41) is 4.54. The van der Waals surface area contributed by atoms with Crippen molar-refractivity contribution in [2.45, 2.75) is 12.8 Å². The molecule has 0 bridgehead atoms. The highest BCUT2D eigenvalue weighted by atomic mass is 35.5. The zero-order valence-corrected chi connectivity index (χ0v) is 14.7. The maximum Gasteiger partial charge on any atom is 0.416 e. The van der Waals surface area contributed by atoms with E-state index in [-0.39, 0.29) is 5.69 Å². The summed E-state index contributed by atoms with van der Waals surface area (Å²) in [6.45, 7) is 0.305. The lowest BCUT2D eigenvalue weighted by Crippen LogP contribution is -2.05. The molecule has 0 atom stereocenters. The summed E-state index contributed by atoms with van der Waals surface area (Å²) >= 11 is 5.81. The molecule has 138 valence electrons. The van der Waals surface area contributed by atoms with E-state index in [4.69, 9.17) is 16.4 Å². The first-order valence-electron chi connectivity index (χ1n) is 7.95. The highest BCUT2D eigenvalue weighted by Crippen LogP contribution is 2.31. The molecule has 0 fully saturated rings. The zero-order valence-electron chi connectivity index (χ0n) is 13.9. The molecule has 0 aliphatic carbocycles. The van der Waals surface area contributed by atoms with Gasteiger partial charge in [-0.05, 0) is 35.4 Å². The second-order valence-corrected chi connectivity index (χ2v) is 6.12. The molecule has 1 aromatic heterocycles. The van der Waals surface area contributed by atoms with Crippen LogP contribution in [0.3, 0.4) is 0 Å². The SMILES string of the molecule is FC(F)(F)c1ccnc(-c2ccc(/C=N\OCc3ccc(Cl)cc3)cc2)c1. The van der Waals surface area contributed by atoms with Crippen molar-refractivity contribution in [3.63, 3.8) is 0 Å². The maximum absolute atomic E-state index is 12.8. The second kappa shape index (κ2) is 8.22. The van der Waals surface area contributed by atoms with Gasteiger partial charge in [-0.25, -0.2) is 0 Å². The van der Waals surface area contributed by atoms with E-state index in [2.05, 4.69) is 10.1 Å². The predicted molar refractivity (Wildman–Crippen MR) is 98.5 cm³/mol. The lowest BCUT2D eigenvalue weighted by atomic mass is 10.1. The largest absolute Gasteiger partial charge is 0.416 e. The van der Waals surface area contributed by atoms with Crippen LogP contribution in [-0.2, 0) is 17.6 Å². The van der Waals surface area contributed by atoms with E-state index in [0.29, 0.717) is 17.2 Å². The fourth-order valence-corrected chi connectivity index (χ4v) is 2.42. The summed E-state index contributed by atoms with van der Waals surface area (Å²) in [6.07, 6.45) is -1.72. The van der Waals surface area contributed by atoms with E-state index < -0.39 is 11.7 Å². The third kappa shape index (κ3) is 5.31. The van der Waals surface area contributed by atoms with Crippen LogP contribution in [0, 0.1) is 0 Å². The Balaban J connectivity index is 1.62. The third-order valence-corrected chi connectivity index (χ3v) is 3.97. The summed E-state index contributed by atoms with van der Waals surface area (Å²) < 4.78 is 38.4. The van der Waals surface area contributed by atoms with Gasteiger partial charge in [0.05, 0.1) is 17.5 Å². The molecule has 3 rings (SSSR count). The number of hydrogen-bond acceptors (Lipinski definition) is 3. The van der Waals surface area contributed by atoms with Crippen LogP contribution >= 0.6 is 11.6 Å². The van der Waals surface area contributed by atoms with Crippen LogP contribution in [-0.4, -0.2) is 11.2 Å². The molecule has 7 heteroatoms. The summed E-state index contributed by atoms with van der Waals surface area (Å²) in [7, 11) is 0. The van der Waals surface area contributed by atoms with Crippen molar-refractivity contribution >= 4 is 17.8 Å². The predicted octanol–water partition coefficient (Wildman–Crippen LogP) is 5.97. The van der Waals surface area contributed by atoms with Crippen molar-refractivity contribution in [2.24, 2.45) is 5.16 Å². The summed E-state index contributed by atoms with van der Waals surface area (Å²) in [4.78, 5) is 9.22. The average molecular weight is 391 g/mol. The Labute approximate surface area is 159 Å². The van der Waals surface area contributed by atoms with Crippen molar-refractivity contribution in [1.29, 1.82) is 0 Å². The Bertz CT molecular complexity index is 923. The van der Waals surface area contributed by atoms with Gasteiger partial charge in [0.25, 0.3) is 0 Å². The first-order chi connectivity index (χ1) is 12.9. The first-order valence-corrected chi connectivity index (χ1v) is 8.33. The molecule has 0 aliphatic heterocycles. The van der Waals surface area contributed by atoms with E-state index in [0.717, 1.165) is 29.5 Å². The molecule has 27 heavy (non-hydrogen) atoms. The Morgan fingerprint density at radius 1 is 1.00 bits per heavy atom. The summed E-state index contributed by atoms with van der Waals surface area (Å²) in [5.74, 6) is 0. The van der Waals surface area contributed by atoms with Crippen molar-refractivity contribution in [3.8, 4) is 11.3 Å². The van der Waals surface area contributed by atoms with Gasteiger partial charge in [0.2, 0.25) is 0 Å². The smallest absolute Gasteiger partial charge is 0.391 e. The topological polar surface area (TPSA) is 34.5 Å². The highest BCUT2D eigenvalue weighted by Gasteiger charge is 2.30. The number of alkyl halides is 3. The standard InChI is InChI=1S/C20H14ClF3N2O/c21-18-7-3-15(4-8-18)13-27-26-12-14-1-5-16(6-2-14)19-11-17(9-10-25-19)20(22,23)24/h1-12H,13H2/b26-12-. The van der Waals surface area contributed by atoms with Gasteiger partial charge in [0, 0.05) is 16.8 Å². The number of oxime groups is 1. The van der Waals surface area contributed by atoms with Crippen LogP contribution in [0.5, 0.6) is 0 Å².